The van der Waals surface area contributed by atoms with Gasteiger partial charge in [0.25, 0.3) is 0 Å². The normalized spacial score (nSPS) is 26.7. The summed E-state index contributed by atoms with van der Waals surface area (Å²) in [5.41, 5.74) is -0.424. The largest absolute Gasteiger partial charge is 0.444 e. The van der Waals surface area contributed by atoms with Crippen LogP contribution < -0.4 is 0 Å². The number of aliphatic hydroxyl groups excluding tert-OH is 1. The van der Waals surface area contributed by atoms with Gasteiger partial charge < -0.3 is 14.7 Å². The third kappa shape index (κ3) is 4.08. The Hall–Kier alpha value is -0.810. The Morgan fingerprint density at radius 1 is 1.16 bits per heavy atom. The number of hydrogen-bond acceptors (Lipinski definition) is 4. The van der Waals surface area contributed by atoms with Crippen LogP contribution in [0.4, 0.5) is 4.79 Å². The van der Waals surface area contributed by atoms with Crippen molar-refractivity contribution < 1.29 is 14.6 Å². The van der Waals surface area contributed by atoms with E-state index in [2.05, 4.69) is 4.90 Å². The number of rotatable bonds is 1. The lowest BCUT2D eigenvalue weighted by atomic mass is 10.0. The summed E-state index contributed by atoms with van der Waals surface area (Å²) < 4.78 is 5.39. The van der Waals surface area contributed by atoms with E-state index in [1.54, 1.807) is 4.90 Å². The number of amides is 1. The first kappa shape index (κ1) is 14.6. The second kappa shape index (κ2) is 5.67. The van der Waals surface area contributed by atoms with E-state index in [0.717, 1.165) is 45.4 Å². The molecule has 0 aromatic rings. The van der Waals surface area contributed by atoms with Crippen molar-refractivity contribution in [3.63, 3.8) is 0 Å². The summed E-state index contributed by atoms with van der Waals surface area (Å²) >= 11 is 0. The highest BCUT2D eigenvalue weighted by atomic mass is 16.6. The van der Waals surface area contributed by atoms with Gasteiger partial charge >= 0.3 is 6.09 Å². The molecule has 1 amide bonds. The Balaban J connectivity index is 1.77. The highest BCUT2D eigenvalue weighted by molar-refractivity contribution is 5.68. The molecule has 2 rings (SSSR count). The van der Waals surface area contributed by atoms with Crippen LogP contribution in [0.25, 0.3) is 0 Å². The average molecular weight is 270 g/mol. The molecule has 0 radical (unpaired) electrons. The van der Waals surface area contributed by atoms with Crippen molar-refractivity contribution in [2.24, 2.45) is 0 Å². The summed E-state index contributed by atoms with van der Waals surface area (Å²) in [6, 6.07) is 0.510. The second-order valence-electron chi connectivity index (χ2n) is 6.64. The lowest BCUT2D eigenvalue weighted by molar-refractivity contribution is 0.0149. The minimum Gasteiger partial charge on any atom is -0.444 e. The van der Waals surface area contributed by atoms with Crippen molar-refractivity contribution in [3.05, 3.63) is 0 Å². The Morgan fingerprint density at radius 3 is 2.26 bits per heavy atom. The number of β-amino-alcohol motifs (C(OH)–C–C–N with tert-alkyl or cyclic N) is 1. The van der Waals surface area contributed by atoms with E-state index in [1.165, 1.54) is 0 Å². The molecule has 5 heteroatoms. The van der Waals surface area contributed by atoms with E-state index in [4.69, 9.17) is 4.74 Å². The molecule has 0 spiro atoms. The standard InChI is InChI=1S/C14H26N2O3/c1-14(2,3)19-13(18)15-7-4-11(5-8-15)16-9-6-12(17)10-16/h11-12,17H,4-10H2,1-3H3. The van der Waals surface area contributed by atoms with Crippen molar-refractivity contribution >= 4 is 6.09 Å². The van der Waals surface area contributed by atoms with Crippen LogP contribution >= 0.6 is 0 Å². The number of piperidine rings is 1. The molecule has 110 valence electrons. The molecule has 2 aliphatic rings. The topological polar surface area (TPSA) is 53.0 Å². The third-order valence-corrected chi connectivity index (χ3v) is 3.83. The van der Waals surface area contributed by atoms with Crippen LogP contribution in [0, 0.1) is 0 Å². The van der Waals surface area contributed by atoms with Gasteiger partial charge in [-0.05, 0) is 40.0 Å². The highest BCUT2D eigenvalue weighted by Crippen LogP contribution is 2.22. The van der Waals surface area contributed by atoms with Gasteiger partial charge in [0.05, 0.1) is 6.10 Å². The minimum atomic E-state index is -0.424. The molecule has 1 atom stereocenters. The summed E-state index contributed by atoms with van der Waals surface area (Å²) in [5, 5.41) is 9.57. The molecule has 0 aliphatic carbocycles. The summed E-state index contributed by atoms with van der Waals surface area (Å²) in [4.78, 5) is 16.1. The number of nitrogens with zero attached hydrogens (tertiary/aromatic N) is 2. The average Bonchev–Trinajstić information content (AvgIpc) is 2.74. The molecular formula is C14H26N2O3. The predicted octanol–water partition coefficient (Wildman–Crippen LogP) is 1.45. The first-order chi connectivity index (χ1) is 8.85. The predicted molar refractivity (Wildman–Crippen MR) is 73.0 cm³/mol. The molecule has 2 aliphatic heterocycles. The lowest BCUT2D eigenvalue weighted by Gasteiger charge is -2.37. The number of carbonyl (C=O) groups excluding carboxylic acids is 1. The fourth-order valence-corrected chi connectivity index (χ4v) is 2.84. The maximum absolute atomic E-state index is 11.9. The first-order valence-electron chi connectivity index (χ1n) is 7.25. The minimum absolute atomic E-state index is 0.163. The maximum atomic E-state index is 11.9. The molecule has 1 unspecified atom stereocenters. The molecule has 0 bridgehead atoms. The zero-order valence-corrected chi connectivity index (χ0v) is 12.3. The molecule has 2 saturated heterocycles. The van der Waals surface area contributed by atoms with Gasteiger partial charge in [-0.25, -0.2) is 4.79 Å². The number of ether oxygens (including phenoxy) is 1. The first-order valence-corrected chi connectivity index (χ1v) is 7.25. The van der Waals surface area contributed by atoms with Gasteiger partial charge in [-0.3, -0.25) is 4.90 Å². The van der Waals surface area contributed by atoms with Crippen molar-refractivity contribution in [3.8, 4) is 0 Å². The summed E-state index contributed by atoms with van der Waals surface area (Å²) in [6.07, 6.45) is 2.47. The Labute approximate surface area is 115 Å². The highest BCUT2D eigenvalue weighted by Gasteiger charge is 2.32. The fourth-order valence-electron chi connectivity index (χ4n) is 2.84. The van der Waals surface area contributed by atoms with Crippen LogP contribution in [-0.2, 0) is 4.74 Å². The Morgan fingerprint density at radius 2 is 1.79 bits per heavy atom. The maximum Gasteiger partial charge on any atom is 0.410 e. The lowest BCUT2D eigenvalue weighted by Crippen LogP contribution is -2.47. The molecule has 0 aromatic heterocycles. The van der Waals surface area contributed by atoms with Crippen molar-refractivity contribution in [1.82, 2.24) is 9.80 Å². The van der Waals surface area contributed by atoms with Gasteiger partial charge in [0, 0.05) is 32.2 Å². The monoisotopic (exact) mass is 270 g/mol. The molecule has 0 saturated carbocycles. The summed E-state index contributed by atoms with van der Waals surface area (Å²) in [5.74, 6) is 0. The SMILES string of the molecule is CC(C)(C)OC(=O)N1CCC(N2CCC(O)C2)CC1. The van der Waals surface area contributed by atoms with Crippen molar-refractivity contribution in [2.45, 2.75) is 57.8 Å². The van der Waals surface area contributed by atoms with Crippen LogP contribution in [0.5, 0.6) is 0 Å². The van der Waals surface area contributed by atoms with Crippen molar-refractivity contribution in [2.75, 3.05) is 26.2 Å². The van der Waals surface area contributed by atoms with Gasteiger partial charge in [-0.2, -0.15) is 0 Å². The van der Waals surface area contributed by atoms with E-state index in [9.17, 15) is 9.90 Å². The van der Waals surface area contributed by atoms with E-state index in [-0.39, 0.29) is 12.2 Å². The van der Waals surface area contributed by atoms with E-state index in [0.29, 0.717) is 6.04 Å². The number of carbonyl (C=O) groups is 1. The molecule has 19 heavy (non-hydrogen) atoms. The molecule has 2 fully saturated rings. The van der Waals surface area contributed by atoms with Crippen LogP contribution in [0.1, 0.15) is 40.0 Å². The number of aliphatic hydroxyl groups is 1. The number of likely N-dealkylation sites (tertiary alicyclic amines) is 2. The van der Waals surface area contributed by atoms with E-state index >= 15 is 0 Å². The van der Waals surface area contributed by atoms with Gasteiger partial charge in [0.15, 0.2) is 0 Å². The zero-order chi connectivity index (χ0) is 14.0. The summed E-state index contributed by atoms with van der Waals surface area (Å²) in [6.45, 7) is 8.96. The zero-order valence-electron chi connectivity index (χ0n) is 12.3. The fraction of sp³-hybridized carbons (Fsp3) is 0.929. The second-order valence-corrected chi connectivity index (χ2v) is 6.64. The molecular weight excluding hydrogens is 244 g/mol. The molecule has 1 N–H and O–H groups in total. The van der Waals surface area contributed by atoms with Crippen LogP contribution in [-0.4, -0.2) is 64.9 Å². The van der Waals surface area contributed by atoms with E-state index < -0.39 is 5.60 Å². The van der Waals surface area contributed by atoms with Gasteiger partial charge in [0.2, 0.25) is 0 Å². The van der Waals surface area contributed by atoms with Gasteiger partial charge in [-0.1, -0.05) is 0 Å². The van der Waals surface area contributed by atoms with E-state index in [1.807, 2.05) is 20.8 Å². The van der Waals surface area contributed by atoms with Crippen LogP contribution in [0.2, 0.25) is 0 Å². The molecule has 2 heterocycles. The van der Waals surface area contributed by atoms with Crippen LogP contribution in [0.3, 0.4) is 0 Å². The Bertz CT molecular complexity index is 319. The third-order valence-electron chi connectivity index (χ3n) is 3.83. The molecule has 0 aromatic carbocycles. The number of hydrogen-bond donors (Lipinski definition) is 1. The summed E-state index contributed by atoms with van der Waals surface area (Å²) in [7, 11) is 0. The quantitative estimate of drug-likeness (QED) is 0.783. The van der Waals surface area contributed by atoms with Gasteiger partial charge in [0.1, 0.15) is 5.60 Å². The molecule has 5 nitrogen and oxygen atoms in total. The van der Waals surface area contributed by atoms with Gasteiger partial charge in [-0.15, -0.1) is 0 Å². The smallest absolute Gasteiger partial charge is 0.410 e. The van der Waals surface area contributed by atoms with Crippen LogP contribution in [0.15, 0.2) is 0 Å². The Kier molecular flexibility index (Phi) is 4.36. The van der Waals surface area contributed by atoms with Crippen molar-refractivity contribution in [1.29, 1.82) is 0 Å².